The molecule has 0 bridgehead atoms. The molecule has 0 unspecified atom stereocenters. The number of ether oxygens (including phenoxy) is 1. The number of carbonyl (C=O) groups is 3. The summed E-state index contributed by atoms with van der Waals surface area (Å²) in [5.41, 5.74) is 2.94. The van der Waals surface area contributed by atoms with Crippen LogP contribution >= 0.6 is 0 Å². The monoisotopic (exact) mass is 351 g/mol. The van der Waals surface area contributed by atoms with Gasteiger partial charge in [0.15, 0.2) is 0 Å². The number of carbonyl (C=O) groups excluding carboxylic acids is 3. The van der Waals surface area contributed by atoms with Crippen LogP contribution in [-0.4, -0.2) is 46.4 Å². The Labute approximate surface area is 147 Å². The number of nitrogens with one attached hydrogen (secondary N) is 1. The van der Waals surface area contributed by atoms with E-state index < -0.39 is 29.6 Å². The largest absolute Gasteiger partial charge is 0.495 e. The lowest BCUT2D eigenvalue weighted by Crippen LogP contribution is -2.36. The molecule has 1 saturated heterocycles. The molecule has 1 aromatic carbocycles. The number of rotatable bonds is 4. The van der Waals surface area contributed by atoms with Gasteiger partial charge in [-0.1, -0.05) is 12.1 Å². The van der Waals surface area contributed by atoms with Crippen molar-refractivity contribution in [3.05, 3.63) is 48.5 Å². The number of hydrazone groups is 1. The number of ketones is 1. The zero-order valence-corrected chi connectivity index (χ0v) is 13.6. The molecule has 1 N–H and O–H groups in total. The number of nitrogens with zero attached hydrogens (tertiary/aromatic N) is 4. The van der Waals surface area contributed by atoms with E-state index in [1.807, 2.05) is 0 Å². The lowest BCUT2D eigenvalue weighted by Gasteiger charge is -2.18. The summed E-state index contributed by atoms with van der Waals surface area (Å²) < 4.78 is 5.24. The number of hydrogen-bond donors (Lipinski definition) is 1. The molecule has 0 spiro atoms. The van der Waals surface area contributed by atoms with E-state index in [-0.39, 0.29) is 11.4 Å². The summed E-state index contributed by atoms with van der Waals surface area (Å²) in [6, 6.07) is 5.76. The van der Waals surface area contributed by atoms with Crippen LogP contribution in [-0.2, 0) is 9.59 Å². The molecular weight excluding hydrogens is 338 g/mol. The molecule has 0 saturated carbocycles. The van der Waals surface area contributed by atoms with Gasteiger partial charge in [0.2, 0.25) is 11.7 Å². The van der Waals surface area contributed by atoms with Crippen molar-refractivity contribution in [2.24, 2.45) is 11.0 Å². The van der Waals surface area contributed by atoms with Gasteiger partial charge in [0.25, 0.3) is 5.91 Å². The summed E-state index contributed by atoms with van der Waals surface area (Å²) in [5, 5.41) is 3.92. The van der Waals surface area contributed by atoms with Crippen LogP contribution in [0.2, 0.25) is 0 Å². The van der Waals surface area contributed by atoms with Gasteiger partial charge in [0, 0.05) is 12.4 Å². The van der Waals surface area contributed by atoms with Gasteiger partial charge in [-0.2, -0.15) is 5.10 Å². The summed E-state index contributed by atoms with van der Waals surface area (Å²) in [6.07, 6.45) is 4.09. The molecule has 3 heterocycles. The maximum Gasteiger partial charge on any atom is 0.259 e. The number of fused-ring (bicyclic) bond motifs is 1. The second kappa shape index (κ2) is 6.03. The molecule has 0 aliphatic carbocycles. The number of benzene rings is 1. The summed E-state index contributed by atoms with van der Waals surface area (Å²) in [4.78, 5) is 47.1. The van der Waals surface area contributed by atoms with Gasteiger partial charge in [-0.15, -0.1) is 0 Å². The third kappa shape index (κ3) is 2.25. The first-order valence-corrected chi connectivity index (χ1v) is 7.78. The minimum absolute atomic E-state index is 0.0498. The van der Waals surface area contributed by atoms with Crippen LogP contribution in [0.1, 0.15) is 10.5 Å². The van der Waals surface area contributed by atoms with Gasteiger partial charge in [0.1, 0.15) is 29.1 Å². The number of imide groups is 1. The van der Waals surface area contributed by atoms with Crippen molar-refractivity contribution >= 4 is 29.0 Å². The molecule has 1 fully saturated rings. The topological polar surface area (TPSA) is 114 Å². The Balaban J connectivity index is 1.70. The van der Waals surface area contributed by atoms with Crippen LogP contribution in [0.15, 0.2) is 48.0 Å². The van der Waals surface area contributed by atoms with Crippen LogP contribution in [0.3, 0.4) is 0 Å². The highest BCUT2D eigenvalue weighted by Gasteiger charge is 2.55. The van der Waals surface area contributed by atoms with E-state index in [9.17, 15) is 14.4 Å². The number of anilines is 1. The number of methoxy groups -OCH3 is 1. The second-order valence-electron chi connectivity index (χ2n) is 5.68. The Bertz CT molecular complexity index is 943. The molecule has 2 aliphatic rings. The van der Waals surface area contributed by atoms with Crippen LogP contribution < -0.4 is 15.1 Å². The molecule has 1 aromatic heterocycles. The number of para-hydroxylation sites is 2. The second-order valence-corrected chi connectivity index (χ2v) is 5.68. The lowest BCUT2D eigenvalue weighted by molar-refractivity contribution is -0.122. The highest BCUT2D eigenvalue weighted by molar-refractivity contribution is 6.52. The fourth-order valence-corrected chi connectivity index (χ4v) is 3.08. The highest BCUT2D eigenvalue weighted by atomic mass is 16.5. The first kappa shape index (κ1) is 15.9. The number of Topliss-reactive ketones (excluding diaryl/α,β-unsaturated/α-hetero) is 1. The van der Waals surface area contributed by atoms with E-state index in [1.54, 1.807) is 24.3 Å². The SMILES string of the molecule is COc1ccccc1N1C(=O)[C@H]2C(C(=O)c3cnccn3)=NN[C@@H]2C1=O. The molecule has 2 amide bonds. The van der Waals surface area contributed by atoms with Crippen molar-refractivity contribution in [1.82, 2.24) is 15.4 Å². The normalized spacial score (nSPS) is 21.3. The third-order valence-corrected chi connectivity index (χ3v) is 4.28. The lowest BCUT2D eigenvalue weighted by atomic mass is 9.94. The van der Waals surface area contributed by atoms with Crippen LogP contribution in [0, 0.1) is 5.92 Å². The standard InChI is InChI=1S/C17H13N5O4/c1-26-11-5-3-2-4-10(11)22-16(24)12-13(20-21-14(12)17(22)25)15(23)9-8-18-6-7-19-9/h2-8,12,14,21H,1H3/t12-,14-/m0/s1. The maximum absolute atomic E-state index is 13.0. The third-order valence-electron chi connectivity index (χ3n) is 4.28. The summed E-state index contributed by atoms with van der Waals surface area (Å²) in [7, 11) is 1.45. The maximum atomic E-state index is 13.0. The highest BCUT2D eigenvalue weighted by Crippen LogP contribution is 2.36. The number of amides is 2. The van der Waals surface area contributed by atoms with Gasteiger partial charge >= 0.3 is 0 Å². The van der Waals surface area contributed by atoms with Gasteiger partial charge < -0.3 is 4.74 Å². The van der Waals surface area contributed by atoms with Gasteiger partial charge in [0.05, 0.1) is 19.0 Å². The molecular formula is C17H13N5O4. The number of aromatic nitrogens is 2. The quantitative estimate of drug-likeness (QED) is 0.617. The Morgan fingerprint density at radius 1 is 1.19 bits per heavy atom. The summed E-state index contributed by atoms with van der Waals surface area (Å²) >= 11 is 0. The van der Waals surface area contributed by atoms with Gasteiger partial charge in [-0.3, -0.25) is 24.8 Å². The first-order chi connectivity index (χ1) is 12.6. The Morgan fingerprint density at radius 3 is 2.73 bits per heavy atom. The van der Waals surface area contributed by atoms with Crippen LogP contribution in [0.25, 0.3) is 0 Å². The van der Waals surface area contributed by atoms with E-state index in [4.69, 9.17) is 4.74 Å². The van der Waals surface area contributed by atoms with Crippen molar-refractivity contribution in [2.45, 2.75) is 6.04 Å². The number of hydrogen-bond acceptors (Lipinski definition) is 8. The van der Waals surface area contributed by atoms with Gasteiger partial charge in [-0.05, 0) is 12.1 Å². The van der Waals surface area contributed by atoms with E-state index >= 15 is 0 Å². The molecule has 2 atom stereocenters. The van der Waals surface area contributed by atoms with Crippen molar-refractivity contribution in [3.8, 4) is 5.75 Å². The smallest absolute Gasteiger partial charge is 0.259 e. The molecule has 9 heteroatoms. The van der Waals surface area contributed by atoms with Gasteiger partial charge in [-0.25, -0.2) is 9.88 Å². The Hall–Kier alpha value is -3.62. The fourth-order valence-electron chi connectivity index (χ4n) is 3.08. The van der Waals surface area contributed by atoms with Crippen molar-refractivity contribution in [2.75, 3.05) is 12.0 Å². The zero-order valence-electron chi connectivity index (χ0n) is 13.6. The predicted octanol–water partition coefficient (Wildman–Crippen LogP) is 0.185. The van der Waals surface area contributed by atoms with Crippen molar-refractivity contribution < 1.29 is 19.1 Å². The van der Waals surface area contributed by atoms with E-state index in [2.05, 4.69) is 20.5 Å². The minimum atomic E-state index is -1.01. The minimum Gasteiger partial charge on any atom is -0.495 e. The Kier molecular flexibility index (Phi) is 3.68. The molecule has 130 valence electrons. The molecule has 4 rings (SSSR count). The molecule has 2 aromatic rings. The predicted molar refractivity (Wildman–Crippen MR) is 89.7 cm³/mol. The van der Waals surface area contributed by atoms with Crippen LogP contribution in [0.4, 0.5) is 5.69 Å². The van der Waals surface area contributed by atoms with Crippen molar-refractivity contribution in [1.29, 1.82) is 0 Å². The molecule has 0 radical (unpaired) electrons. The molecule has 26 heavy (non-hydrogen) atoms. The van der Waals surface area contributed by atoms with E-state index in [0.717, 1.165) is 4.90 Å². The van der Waals surface area contributed by atoms with E-state index in [0.29, 0.717) is 11.4 Å². The summed E-state index contributed by atoms with van der Waals surface area (Å²) in [5.74, 6) is -2.20. The Morgan fingerprint density at radius 2 is 2.00 bits per heavy atom. The fraction of sp³-hybridized carbons (Fsp3) is 0.176. The zero-order chi connectivity index (χ0) is 18.3. The summed E-state index contributed by atoms with van der Waals surface area (Å²) in [6.45, 7) is 0. The average Bonchev–Trinajstić information content (AvgIpc) is 3.22. The van der Waals surface area contributed by atoms with E-state index in [1.165, 1.54) is 25.7 Å². The first-order valence-electron chi connectivity index (χ1n) is 7.78. The molecule has 9 nitrogen and oxygen atoms in total. The van der Waals surface area contributed by atoms with Crippen molar-refractivity contribution in [3.63, 3.8) is 0 Å². The van der Waals surface area contributed by atoms with Crippen LogP contribution in [0.5, 0.6) is 5.75 Å². The average molecular weight is 351 g/mol. The molecule has 2 aliphatic heterocycles.